The molecule has 0 heterocycles. The fourth-order valence-electron chi connectivity index (χ4n) is 12.7. The van der Waals surface area contributed by atoms with Gasteiger partial charge in [0, 0.05) is 39.5 Å². The van der Waals surface area contributed by atoms with Crippen molar-refractivity contribution in [2.24, 2.45) is 0 Å². The van der Waals surface area contributed by atoms with E-state index >= 15 is 0 Å². The maximum atomic E-state index is 2.45. The van der Waals surface area contributed by atoms with E-state index in [1.807, 2.05) is 0 Å². The van der Waals surface area contributed by atoms with Gasteiger partial charge in [-0.05, 0) is 200 Å². The van der Waals surface area contributed by atoms with Crippen molar-refractivity contribution in [1.29, 1.82) is 0 Å². The van der Waals surface area contributed by atoms with E-state index in [0.717, 1.165) is 45.3 Å². The van der Waals surface area contributed by atoms with Gasteiger partial charge in [-0.3, -0.25) is 0 Å². The Balaban J connectivity index is 0.909. The molecule has 0 bridgehead atoms. The van der Waals surface area contributed by atoms with Crippen molar-refractivity contribution in [3.8, 4) is 66.8 Å². The zero-order valence-corrected chi connectivity index (χ0v) is 44.9. The van der Waals surface area contributed by atoms with Gasteiger partial charge in [-0.25, -0.2) is 0 Å². The third-order valence-corrected chi connectivity index (χ3v) is 16.8. The lowest BCUT2D eigenvalue weighted by Gasteiger charge is -2.28. The molecule has 11 aromatic rings. The van der Waals surface area contributed by atoms with Gasteiger partial charge >= 0.3 is 0 Å². The highest BCUT2D eigenvalue weighted by molar-refractivity contribution is 5.96. The summed E-state index contributed by atoms with van der Waals surface area (Å²) >= 11 is 0. The van der Waals surface area contributed by atoms with Crippen LogP contribution in [0.3, 0.4) is 0 Å². The summed E-state index contributed by atoms with van der Waals surface area (Å²) in [6.07, 6.45) is 6.69. The lowest BCUT2D eigenvalue weighted by molar-refractivity contribution is 0.443. The SMILES string of the molecule is Cc1cccc2c1-c1ccc(N(c3ccc(-c4ccc(C5CCCCC5)cc4)cc3)c3ccc(-c4cc(-c5ccccc5)c(-c5ccc(N(c6ccccc6)c6ccccc6)cc5)cc4-c4ccccc4)cc3)cc1C2(C)C. The summed E-state index contributed by atoms with van der Waals surface area (Å²) in [5.41, 5.74) is 26.8. The summed E-state index contributed by atoms with van der Waals surface area (Å²) in [7, 11) is 0. The number of benzene rings is 11. The molecule has 13 rings (SSSR count). The van der Waals surface area contributed by atoms with E-state index in [1.54, 1.807) is 0 Å². The molecule has 0 spiro atoms. The first kappa shape index (κ1) is 48.6. The largest absolute Gasteiger partial charge is 0.311 e. The van der Waals surface area contributed by atoms with Crippen LogP contribution >= 0.6 is 0 Å². The van der Waals surface area contributed by atoms with Crippen molar-refractivity contribution < 1.29 is 0 Å². The third kappa shape index (κ3) is 9.22. The molecule has 1 fully saturated rings. The number of hydrogen-bond acceptors (Lipinski definition) is 2. The van der Waals surface area contributed by atoms with E-state index in [2.05, 4.69) is 297 Å². The van der Waals surface area contributed by atoms with Crippen LogP contribution in [0.1, 0.15) is 74.1 Å². The molecular weight excluding hydrogens is 941 g/mol. The van der Waals surface area contributed by atoms with Gasteiger partial charge in [0.1, 0.15) is 0 Å². The minimum Gasteiger partial charge on any atom is -0.311 e. The molecule has 1 saturated carbocycles. The molecule has 2 aliphatic carbocycles. The number of fused-ring (bicyclic) bond motifs is 3. The Morgan fingerprint density at radius 1 is 0.308 bits per heavy atom. The molecule has 0 radical (unpaired) electrons. The second-order valence-corrected chi connectivity index (χ2v) is 22.0. The van der Waals surface area contributed by atoms with Crippen LogP contribution in [0, 0.1) is 6.92 Å². The Morgan fingerprint density at radius 3 is 1.17 bits per heavy atom. The molecule has 0 atom stereocenters. The average molecular weight is 1010 g/mol. The van der Waals surface area contributed by atoms with Crippen LogP contribution in [0.25, 0.3) is 66.8 Å². The topological polar surface area (TPSA) is 6.48 Å². The van der Waals surface area contributed by atoms with Crippen LogP contribution in [-0.4, -0.2) is 0 Å². The number of hydrogen-bond donors (Lipinski definition) is 0. The van der Waals surface area contributed by atoms with Crippen LogP contribution in [-0.2, 0) is 5.41 Å². The molecular formula is C76H64N2. The number of aryl methyl sites for hydroxylation is 1. The Kier molecular flexibility index (Phi) is 13.0. The number of nitrogens with zero attached hydrogens (tertiary/aromatic N) is 2. The van der Waals surface area contributed by atoms with Crippen molar-refractivity contribution in [1.82, 2.24) is 0 Å². The van der Waals surface area contributed by atoms with E-state index in [9.17, 15) is 0 Å². The predicted molar refractivity (Wildman–Crippen MR) is 331 cm³/mol. The van der Waals surface area contributed by atoms with E-state index in [1.165, 1.54) is 110 Å². The van der Waals surface area contributed by atoms with Gasteiger partial charge in [0.25, 0.3) is 0 Å². The minimum absolute atomic E-state index is 0.140. The van der Waals surface area contributed by atoms with E-state index < -0.39 is 0 Å². The van der Waals surface area contributed by atoms with Crippen molar-refractivity contribution in [3.05, 3.63) is 289 Å². The summed E-state index contributed by atoms with van der Waals surface area (Å²) in [6.45, 7) is 7.02. The lowest BCUT2D eigenvalue weighted by atomic mass is 9.82. The second-order valence-electron chi connectivity index (χ2n) is 22.0. The molecule has 2 heteroatoms. The van der Waals surface area contributed by atoms with Crippen LogP contribution in [0.5, 0.6) is 0 Å². The van der Waals surface area contributed by atoms with Gasteiger partial charge < -0.3 is 9.80 Å². The lowest BCUT2D eigenvalue weighted by Crippen LogP contribution is -2.16. The molecule has 0 unspecified atom stereocenters. The van der Waals surface area contributed by atoms with Crippen molar-refractivity contribution in [2.45, 2.75) is 64.2 Å². The highest BCUT2D eigenvalue weighted by Gasteiger charge is 2.37. The highest BCUT2D eigenvalue weighted by atomic mass is 15.1. The van der Waals surface area contributed by atoms with Crippen molar-refractivity contribution >= 4 is 34.1 Å². The Labute approximate surface area is 461 Å². The van der Waals surface area contributed by atoms with Crippen molar-refractivity contribution in [2.75, 3.05) is 9.80 Å². The van der Waals surface area contributed by atoms with Crippen LogP contribution in [0.4, 0.5) is 34.1 Å². The van der Waals surface area contributed by atoms with E-state index in [0.29, 0.717) is 5.92 Å². The third-order valence-electron chi connectivity index (χ3n) is 16.8. The van der Waals surface area contributed by atoms with Crippen LogP contribution in [0.15, 0.2) is 267 Å². The molecule has 0 amide bonds. The standard InChI is InChI=1S/C76H64N2/c1-53-20-19-31-73-75(53)68-49-48-67(50-74(68)76(73,2)3)78(65-42-36-57(37-43-65)56-34-32-55(33-35-56)54-21-9-4-10-22-54)66-46-40-61(41-47-66)72-52-69(58-23-11-5-12-24-58)71(51-70(72)59-25-13-6-14-26-59)60-38-44-64(45-39-60)77(62-27-15-7-16-28-62)63-29-17-8-18-30-63/h5-8,11-20,23-52,54H,4,9-10,21-22H2,1-3H3. The van der Waals surface area contributed by atoms with Crippen LogP contribution < -0.4 is 9.80 Å². The quantitative estimate of drug-likeness (QED) is 0.120. The highest BCUT2D eigenvalue weighted by Crippen LogP contribution is 2.52. The maximum absolute atomic E-state index is 2.45. The monoisotopic (exact) mass is 1000 g/mol. The summed E-state index contributed by atoms with van der Waals surface area (Å²) in [6, 6.07) is 98.8. The van der Waals surface area contributed by atoms with Gasteiger partial charge in [0.05, 0.1) is 0 Å². The first-order chi connectivity index (χ1) is 38.4. The molecule has 2 nitrogen and oxygen atoms in total. The zero-order valence-electron chi connectivity index (χ0n) is 44.9. The maximum Gasteiger partial charge on any atom is 0.0465 e. The van der Waals surface area contributed by atoms with E-state index in [4.69, 9.17) is 0 Å². The average Bonchev–Trinajstić information content (AvgIpc) is 3.87. The Hall–Kier alpha value is -8.98. The van der Waals surface area contributed by atoms with Gasteiger partial charge in [-0.15, -0.1) is 0 Å². The fourth-order valence-corrected chi connectivity index (χ4v) is 12.7. The molecule has 0 aromatic heterocycles. The number of para-hydroxylation sites is 2. The fraction of sp³-hybridized carbons (Fsp3) is 0.132. The van der Waals surface area contributed by atoms with Gasteiger partial charge in [0.2, 0.25) is 0 Å². The summed E-state index contributed by atoms with van der Waals surface area (Å²) in [5, 5.41) is 0. The smallest absolute Gasteiger partial charge is 0.0465 e. The number of anilines is 6. The van der Waals surface area contributed by atoms with Gasteiger partial charge in [-0.2, -0.15) is 0 Å². The first-order valence-corrected chi connectivity index (χ1v) is 28.0. The summed E-state index contributed by atoms with van der Waals surface area (Å²) in [4.78, 5) is 4.77. The number of rotatable bonds is 12. The first-order valence-electron chi connectivity index (χ1n) is 28.0. The van der Waals surface area contributed by atoms with Gasteiger partial charge in [0.15, 0.2) is 0 Å². The Morgan fingerprint density at radius 2 is 0.692 bits per heavy atom. The molecule has 378 valence electrons. The van der Waals surface area contributed by atoms with Crippen molar-refractivity contribution in [3.63, 3.8) is 0 Å². The summed E-state index contributed by atoms with van der Waals surface area (Å²) in [5.74, 6) is 0.695. The molecule has 0 saturated heterocycles. The molecule has 11 aromatic carbocycles. The molecule has 2 aliphatic rings. The predicted octanol–water partition coefficient (Wildman–Crippen LogP) is 21.6. The molecule has 0 aliphatic heterocycles. The van der Waals surface area contributed by atoms with E-state index in [-0.39, 0.29) is 5.41 Å². The molecule has 0 N–H and O–H groups in total. The van der Waals surface area contributed by atoms with Crippen LogP contribution in [0.2, 0.25) is 0 Å². The second kappa shape index (κ2) is 20.9. The minimum atomic E-state index is -0.140. The normalized spacial score (nSPS) is 13.6. The van der Waals surface area contributed by atoms with Gasteiger partial charge in [-0.1, -0.05) is 215 Å². The summed E-state index contributed by atoms with van der Waals surface area (Å²) < 4.78 is 0. The zero-order chi connectivity index (χ0) is 52.6. The Bertz CT molecular complexity index is 3820. The molecule has 78 heavy (non-hydrogen) atoms.